The fourth-order valence-corrected chi connectivity index (χ4v) is 5.06. The Kier molecular flexibility index (Phi) is 5.49. The fourth-order valence-electron chi connectivity index (χ4n) is 5.06. The summed E-state index contributed by atoms with van der Waals surface area (Å²) >= 11 is 0. The number of anilines is 2. The zero-order valence-electron chi connectivity index (χ0n) is 18.2. The lowest BCUT2D eigenvalue weighted by Gasteiger charge is -2.19. The number of rotatable bonds is 6. The minimum absolute atomic E-state index is 0.301. The molecular weight excluding hydrogens is 400 g/mol. The van der Waals surface area contributed by atoms with E-state index in [2.05, 4.69) is 27.2 Å². The van der Waals surface area contributed by atoms with Gasteiger partial charge in [0, 0.05) is 24.7 Å². The molecule has 1 aliphatic carbocycles. The van der Waals surface area contributed by atoms with Crippen LogP contribution in [0.5, 0.6) is 11.5 Å². The molecule has 4 N–H and O–H groups in total. The summed E-state index contributed by atoms with van der Waals surface area (Å²) in [6.07, 6.45) is 3.71. The minimum atomic E-state index is 0.301. The number of likely N-dealkylation sites (tertiary alicyclic amines) is 1. The molecule has 2 heterocycles. The number of nitrogens with two attached hydrogens (primary N) is 1. The normalized spacial score (nSPS) is 22.5. The van der Waals surface area contributed by atoms with Gasteiger partial charge in [0.15, 0.2) is 0 Å². The van der Waals surface area contributed by atoms with Gasteiger partial charge < -0.3 is 20.7 Å². The Hall–Kier alpha value is -3.45. The molecule has 2 aliphatic rings. The zero-order valence-corrected chi connectivity index (χ0v) is 18.2. The highest BCUT2D eigenvalue weighted by molar-refractivity contribution is 6.16. The van der Waals surface area contributed by atoms with Crippen LogP contribution in [0, 0.1) is 17.2 Å². The number of nitrogen functional groups attached to an aromatic ring is 1. The smallest absolute Gasteiger partial charge is 0.141 e. The maximum Gasteiger partial charge on any atom is 0.141 e. The molecular formula is C25H28N6O. The van der Waals surface area contributed by atoms with Crippen LogP contribution in [0.25, 0.3) is 0 Å². The van der Waals surface area contributed by atoms with Crippen molar-refractivity contribution in [2.75, 3.05) is 31.2 Å². The third-order valence-corrected chi connectivity index (χ3v) is 6.52. The molecule has 0 spiro atoms. The van der Waals surface area contributed by atoms with Crippen LogP contribution in [0.2, 0.25) is 0 Å². The predicted octanol–water partition coefficient (Wildman–Crippen LogP) is 4.02. The van der Waals surface area contributed by atoms with Crippen LogP contribution in [-0.2, 0) is 0 Å². The Morgan fingerprint density at radius 1 is 1.00 bits per heavy atom. The monoisotopic (exact) mass is 428 g/mol. The van der Waals surface area contributed by atoms with E-state index in [4.69, 9.17) is 15.9 Å². The lowest BCUT2D eigenvalue weighted by atomic mass is 10.0. The van der Waals surface area contributed by atoms with Gasteiger partial charge in [-0.3, -0.25) is 5.41 Å². The number of ether oxygens (including phenoxy) is 1. The molecule has 1 saturated heterocycles. The highest BCUT2D eigenvalue weighted by atomic mass is 16.5. The highest BCUT2D eigenvalue weighted by Gasteiger charge is 2.40. The maximum absolute atomic E-state index is 8.82. The first kappa shape index (κ1) is 20.5. The molecule has 2 aromatic carbocycles. The van der Waals surface area contributed by atoms with Crippen molar-refractivity contribution in [2.45, 2.75) is 18.9 Å². The number of nitrogens with zero attached hydrogens (tertiary/aromatic N) is 3. The number of hydrogen-bond acceptors (Lipinski definition) is 7. The van der Waals surface area contributed by atoms with Crippen LogP contribution in [0.15, 0.2) is 60.9 Å². The predicted molar refractivity (Wildman–Crippen MR) is 126 cm³/mol. The Balaban J connectivity index is 1.32. The average Bonchev–Trinajstić information content (AvgIpc) is 3.31. The van der Waals surface area contributed by atoms with Crippen molar-refractivity contribution in [1.82, 2.24) is 14.9 Å². The molecule has 1 aromatic heterocycles. The molecule has 32 heavy (non-hydrogen) atoms. The van der Waals surface area contributed by atoms with Crippen molar-refractivity contribution in [3.8, 4) is 11.5 Å². The van der Waals surface area contributed by atoms with Crippen LogP contribution in [-0.4, -0.2) is 46.8 Å². The number of hydrogen-bond donors (Lipinski definition) is 3. The van der Waals surface area contributed by atoms with E-state index in [9.17, 15) is 0 Å². The van der Waals surface area contributed by atoms with Crippen LogP contribution in [0.3, 0.4) is 0 Å². The highest BCUT2D eigenvalue weighted by Crippen LogP contribution is 2.39. The average molecular weight is 429 g/mol. The Morgan fingerprint density at radius 3 is 2.34 bits per heavy atom. The van der Waals surface area contributed by atoms with Crippen LogP contribution >= 0.6 is 0 Å². The van der Waals surface area contributed by atoms with Crippen molar-refractivity contribution in [1.29, 1.82) is 5.41 Å². The van der Waals surface area contributed by atoms with E-state index >= 15 is 0 Å². The third-order valence-electron chi connectivity index (χ3n) is 6.52. The Labute approximate surface area is 188 Å². The molecule has 2 fully saturated rings. The molecule has 5 rings (SSSR count). The third kappa shape index (κ3) is 4.16. The van der Waals surface area contributed by atoms with Gasteiger partial charge in [-0.15, -0.1) is 0 Å². The topological polar surface area (TPSA) is 100 Å². The van der Waals surface area contributed by atoms with Crippen molar-refractivity contribution in [3.05, 3.63) is 72.1 Å². The van der Waals surface area contributed by atoms with E-state index < -0.39 is 0 Å². The van der Waals surface area contributed by atoms with Gasteiger partial charge in [-0.25, -0.2) is 9.97 Å². The SMILES string of the molecule is CN1CC2CC(Nc3ncnc(N)c3C(=N)c3ccc(Oc4ccccc4)cc3)CC2C1. The molecule has 164 valence electrons. The molecule has 7 heteroatoms. The molecule has 3 aromatic rings. The van der Waals surface area contributed by atoms with Gasteiger partial charge in [0.2, 0.25) is 0 Å². The van der Waals surface area contributed by atoms with E-state index in [-0.39, 0.29) is 0 Å². The second-order valence-electron chi connectivity index (χ2n) is 8.85. The first-order valence-electron chi connectivity index (χ1n) is 11.0. The number of para-hydroxylation sites is 1. The number of fused-ring (bicyclic) bond motifs is 1. The van der Waals surface area contributed by atoms with E-state index in [1.807, 2.05) is 54.6 Å². The first-order valence-corrected chi connectivity index (χ1v) is 11.0. The quantitative estimate of drug-likeness (QED) is 0.513. The molecule has 2 unspecified atom stereocenters. The van der Waals surface area contributed by atoms with Gasteiger partial charge in [0.25, 0.3) is 0 Å². The Bertz CT molecular complexity index is 1090. The summed E-state index contributed by atoms with van der Waals surface area (Å²) in [5.74, 6) is 3.91. The second-order valence-corrected chi connectivity index (χ2v) is 8.85. The molecule has 7 nitrogen and oxygen atoms in total. The summed E-state index contributed by atoms with van der Waals surface area (Å²) in [5, 5.41) is 12.4. The van der Waals surface area contributed by atoms with Gasteiger partial charge in [0.05, 0.1) is 11.3 Å². The second kappa shape index (κ2) is 8.59. The molecule has 2 atom stereocenters. The zero-order chi connectivity index (χ0) is 22.1. The summed E-state index contributed by atoms with van der Waals surface area (Å²) in [5.41, 5.74) is 7.80. The lowest BCUT2D eigenvalue weighted by molar-refractivity contribution is 0.374. The first-order chi connectivity index (χ1) is 15.6. The summed E-state index contributed by atoms with van der Waals surface area (Å²) in [7, 11) is 2.20. The van der Waals surface area contributed by atoms with E-state index in [0.717, 1.165) is 49.1 Å². The van der Waals surface area contributed by atoms with Crippen molar-refractivity contribution >= 4 is 17.3 Å². The lowest BCUT2D eigenvalue weighted by Crippen LogP contribution is -2.24. The van der Waals surface area contributed by atoms with Crippen molar-refractivity contribution in [2.24, 2.45) is 11.8 Å². The molecule has 1 saturated carbocycles. The number of nitrogens with one attached hydrogen (secondary N) is 2. The summed E-state index contributed by atoms with van der Waals surface area (Å²) in [4.78, 5) is 11.0. The largest absolute Gasteiger partial charge is 0.457 e. The maximum atomic E-state index is 8.82. The fraction of sp³-hybridized carbons (Fsp3) is 0.320. The van der Waals surface area contributed by atoms with Gasteiger partial charge in [-0.1, -0.05) is 18.2 Å². The molecule has 0 radical (unpaired) electrons. The van der Waals surface area contributed by atoms with E-state index in [1.54, 1.807) is 0 Å². The van der Waals surface area contributed by atoms with Crippen LogP contribution in [0.4, 0.5) is 11.6 Å². The van der Waals surface area contributed by atoms with Gasteiger partial charge in [0.1, 0.15) is 29.5 Å². The van der Waals surface area contributed by atoms with Crippen LogP contribution < -0.4 is 15.8 Å². The van der Waals surface area contributed by atoms with E-state index in [1.165, 1.54) is 6.33 Å². The number of aromatic nitrogens is 2. The van der Waals surface area contributed by atoms with Gasteiger partial charge in [-0.2, -0.15) is 0 Å². The molecule has 0 amide bonds. The minimum Gasteiger partial charge on any atom is -0.457 e. The van der Waals surface area contributed by atoms with Gasteiger partial charge in [-0.05, 0) is 68.1 Å². The van der Waals surface area contributed by atoms with E-state index in [0.29, 0.717) is 34.7 Å². The summed E-state index contributed by atoms with van der Waals surface area (Å²) in [6.45, 7) is 2.32. The standard InChI is InChI=1S/C25H28N6O/c1-31-13-17-11-19(12-18(17)14-31)30-25-22(24(27)28-15-29-25)23(26)16-7-9-21(10-8-16)32-20-5-3-2-4-6-20/h2-10,15,17-19,26H,11-14H2,1H3,(H3,27,28,29,30). The molecule has 1 aliphatic heterocycles. The van der Waals surface area contributed by atoms with Crippen molar-refractivity contribution in [3.63, 3.8) is 0 Å². The summed E-state index contributed by atoms with van der Waals surface area (Å²) < 4.78 is 5.86. The van der Waals surface area contributed by atoms with Crippen LogP contribution in [0.1, 0.15) is 24.0 Å². The number of benzene rings is 2. The molecule has 0 bridgehead atoms. The van der Waals surface area contributed by atoms with Gasteiger partial charge >= 0.3 is 0 Å². The Morgan fingerprint density at radius 2 is 1.66 bits per heavy atom. The summed E-state index contributed by atoms with van der Waals surface area (Å²) in [6, 6.07) is 17.4. The van der Waals surface area contributed by atoms with Crippen molar-refractivity contribution < 1.29 is 4.74 Å².